The van der Waals surface area contributed by atoms with Crippen LogP contribution in [0.2, 0.25) is 0 Å². The van der Waals surface area contributed by atoms with Crippen molar-refractivity contribution >= 4 is 31.5 Å². The lowest BCUT2D eigenvalue weighted by atomic mass is 10.2. The smallest absolute Gasteiger partial charge is 0.384 e. The van der Waals surface area contributed by atoms with Crippen molar-refractivity contribution in [3.05, 3.63) is 28.2 Å². The van der Waals surface area contributed by atoms with E-state index in [-0.39, 0.29) is 28.2 Å². The van der Waals surface area contributed by atoms with Gasteiger partial charge in [0.1, 0.15) is 0 Å². The van der Waals surface area contributed by atoms with E-state index in [1.54, 1.807) is 6.92 Å². The third-order valence-electron chi connectivity index (χ3n) is 2.53. The SMILES string of the molecule is CCCS(=O)(=O)CCNc1ccc(Br)c(C(F)(F)F)c1. The molecule has 1 rings (SSSR count). The monoisotopic (exact) mass is 373 g/mol. The number of halogens is 4. The van der Waals surface area contributed by atoms with E-state index in [9.17, 15) is 21.6 Å². The molecule has 20 heavy (non-hydrogen) atoms. The Bertz CT molecular complexity index is 558. The lowest BCUT2D eigenvalue weighted by molar-refractivity contribution is -0.138. The molecule has 0 heterocycles. The second kappa shape index (κ2) is 6.80. The van der Waals surface area contributed by atoms with Crippen molar-refractivity contribution in [2.24, 2.45) is 0 Å². The van der Waals surface area contributed by atoms with Gasteiger partial charge >= 0.3 is 6.18 Å². The van der Waals surface area contributed by atoms with Crippen LogP contribution in [0.3, 0.4) is 0 Å². The van der Waals surface area contributed by atoms with E-state index < -0.39 is 21.6 Å². The second-order valence-electron chi connectivity index (χ2n) is 4.27. The molecule has 1 aromatic rings. The fourth-order valence-corrected chi connectivity index (χ4v) is 3.33. The van der Waals surface area contributed by atoms with Crippen molar-refractivity contribution in [1.29, 1.82) is 0 Å². The van der Waals surface area contributed by atoms with Crippen LogP contribution >= 0.6 is 15.9 Å². The summed E-state index contributed by atoms with van der Waals surface area (Å²) in [5, 5.41) is 2.70. The minimum absolute atomic E-state index is 0.0471. The number of hydrogen-bond acceptors (Lipinski definition) is 3. The topological polar surface area (TPSA) is 46.2 Å². The molecule has 8 heteroatoms. The van der Waals surface area contributed by atoms with Crippen molar-refractivity contribution in [3.8, 4) is 0 Å². The van der Waals surface area contributed by atoms with Crippen LogP contribution in [0.25, 0.3) is 0 Å². The predicted octanol–water partition coefficient (Wildman–Crippen LogP) is 3.70. The van der Waals surface area contributed by atoms with Gasteiger partial charge in [0.05, 0.1) is 11.3 Å². The Kier molecular flexibility index (Phi) is 5.88. The molecule has 0 saturated carbocycles. The van der Waals surface area contributed by atoms with Crippen LogP contribution in [0.1, 0.15) is 18.9 Å². The molecule has 0 bridgehead atoms. The summed E-state index contributed by atoms with van der Waals surface area (Å²) < 4.78 is 61.0. The van der Waals surface area contributed by atoms with Crippen molar-refractivity contribution in [3.63, 3.8) is 0 Å². The Morgan fingerprint density at radius 2 is 1.90 bits per heavy atom. The predicted molar refractivity (Wildman–Crippen MR) is 76.6 cm³/mol. The van der Waals surface area contributed by atoms with Gasteiger partial charge in [-0.3, -0.25) is 0 Å². The fourth-order valence-electron chi connectivity index (χ4n) is 1.62. The number of rotatable bonds is 6. The standard InChI is InChI=1S/C12H15BrF3NO2S/c1-2-6-20(18,19)7-5-17-9-3-4-11(13)10(8-9)12(14,15)16/h3-4,8,17H,2,5-7H2,1H3. The summed E-state index contributed by atoms with van der Waals surface area (Å²) in [6, 6.07) is 3.70. The highest BCUT2D eigenvalue weighted by Gasteiger charge is 2.33. The van der Waals surface area contributed by atoms with E-state index in [4.69, 9.17) is 0 Å². The largest absolute Gasteiger partial charge is 0.417 e. The van der Waals surface area contributed by atoms with E-state index in [0.29, 0.717) is 6.42 Å². The molecule has 0 unspecified atom stereocenters. The molecule has 0 saturated heterocycles. The minimum atomic E-state index is -4.45. The molecule has 0 aliphatic rings. The zero-order valence-electron chi connectivity index (χ0n) is 10.8. The molecule has 1 aromatic carbocycles. The molecular formula is C12H15BrF3NO2S. The van der Waals surface area contributed by atoms with E-state index in [1.165, 1.54) is 12.1 Å². The van der Waals surface area contributed by atoms with E-state index in [0.717, 1.165) is 6.07 Å². The van der Waals surface area contributed by atoms with Gasteiger partial charge in [-0.15, -0.1) is 0 Å². The van der Waals surface area contributed by atoms with E-state index >= 15 is 0 Å². The lowest BCUT2D eigenvalue weighted by Crippen LogP contribution is -2.18. The van der Waals surface area contributed by atoms with E-state index in [2.05, 4.69) is 21.2 Å². The van der Waals surface area contributed by atoms with Gasteiger partial charge < -0.3 is 5.32 Å². The molecule has 0 aliphatic carbocycles. The number of anilines is 1. The van der Waals surface area contributed by atoms with Crippen LogP contribution in [-0.4, -0.2) is 26.5 Å². The van der Waals surface area contributed by atoms with Crippen LogP contribution in [0.15, 0.2) is 22.7 Å². The van der Waals surface area contributed by atoms with Crippen LogP contribution in [0.5, 0.6) is 0 Å². The van der Waals surface area contributed by atoms with Gasteiger partial charge in [-0.05, 0) is 24.6 Å². The molecule has 114 valence electrons. The summed E-state index contributed by atoms with van der Waals surface area (Å²) in [4.78, 5) is 0. The van der Waals surface area contributed by atoms with Crippen LogP contribution < -0.4 is 5.32 Å². The molecule has 0 fully saturated rings. The Balaban J connectivity index is 2.71. The van der Waals surface area contributed by atoms with Gasteiger partial charge in [-0.2, -0.15) is 13.2 Å². The highest BCUT2D eigenvalue weighted by molar-refractivity contribution is 9.10. The first-order chi connectivity index (χ1) is 9.15. The molecule has 0 atom stereocenters. The van der Waals surface area contributed by atoms with Gasteiger partial charge in [0.15, 0.2) is 9.84 Å². The minimum Gasteiger partial charge on any atom is -0.384 e. The summed E-state index contributed by atoms with van der Waals surface area (Å²) in [7, 11) is -3.14. The van der Waals surface area contributed by atoms with Crippen LogP contribution in [0, 0.1) is 0 Å². The van der Waals surface area contributed by atoms with Gasteiger partial charge in [0.25, 0.3) is 0 Å². The highest BCUT2D eigenvalue weighted by atomic mass is 79.9. The molecule has 0 aliphatic heterocycles. The molecule has 0 amide bonds. The zero-order chi connectivity index (χ0) is 15.4. The summed E-state index contributed by atoms with van der Waals surface area (Å²) in [5.41, 5.74) is -0.550. The van der Waals surface area contributed by atoms with Crippen LogP contribution in [-0.2, 0) is 16.0 Å². The van der Waals surface area contributed by atoms with Crippen molar-refractivity contribution < 1.29 is 21.6 Å². The molecule has 3 nitrogen and oxygen atoms in total. The van der Waals surface area contributed by atoms with Crippen molar-refractivity contribution in [2.45, 2.75) is 19.5 Å². The summed E-state index contributed by atoms with van der Waals surface area (Å²) in [6.07, 6.45) is -3.93. The number of hydrogen-bond donors (Lipinski definition) is 1. The summed E-state index contributed by atoms with van der Waals surface area (Å²) >= 11 is 2.84. The average molecular weight is 374 g/mol. The lowest BCUT2D eigenvalue weighted by Gasteiger charge is -2.12. The van der Waals surface area contributed by atoms with Gasteiger partial charge in [0.2, 0.25) is 0 Å². The van der Waals surface area contributed by atoms with E-state index in [1.807, 2.05) is 0 Å². The number of alkyl halides is 3. The first kappa shape index (κ1) is 17.3. The fraction of sp³-hybridized carbons (Fsp3) is 0.500. The van der Waals surface area contributed by atoms with Gasteiger partial charge in [0, 0.05) is 22.5 Å². The maximum Gasteiger partial charge on any atom is 0.417 e. The second-order valence-corrected chi connectivity index (χ2v) is 7.43. The van der Waals surface area contributed by atoms with Crippen LogP contribution in [0.4, 0.5) is 18.9 Å². The highest BCUT2D eigenvalue weighted by Crippen LogP contribution is 2.36. The number of sulfone groups is 1. The Hall–Kier alpha value is -0.760. The third-order valence-corrected chi connectivity index (χ3v) is 5.08. The van der Waals surface area contributed by atoms with Gasteiger partial charge in [-0.1, -0.05) is 22.9 Å². The number of nitrogens with one attached hydrogen (secondary N) is 1. The maximum absolute atomic E-state index is 12.7. The normalized spacial score (nSPS) is 12.4. The van der Waals surface area contributed by atoms with Gasteiger partial charge in [-0.25, -0.2) is 8.42 Å². The average Bonchev–Trinajstić information content (AvgIpc) is 2.29. The summed E-state index contributed by atoms with van der Waals surface area (Å²) in [6.45, 7) is 1.84. The first-order valence-corrected chi connectivity index (χ1v) is 8.58. The quantitative estimate of drug-likeness (QED) is 0.826. The molecule has 1 N–H and O–H groups in total. The Labute approximate surface area is 124 Å². The van der Waals surface area contributed by atoms with Crippen molar-refractivity contribution in [1.82, 2.24) is 0 Å². The molecule has 0 spiro atoms. The molecule has 0 radical (unpaired) electrons. The Morgan fingerprint density at radius 1 is 1.25 bits per heavy atom. The first-order valence-electron chi connectivity index (χ1n) is 5.97. The third kappa shape index (κ3) is 5.32. The number of benzene rings is 1. The Morgan fingerprint density at radius 3 is 2.45 bits per heavy atom. The van der Waals surface area contributed by atoms with Crippen molar-refractivity contribution in [2.75, 3.05) is 23.4 Å². The summed E-state index contributed by atoms with van der Waals surface area (Å²) in [5.74, 6) is -0.0128. The molecule has 0 aromatic heterocycles. The zero-order valence-corrected chi connectivity index (χ0v) is 13.2. The maximum atomic E-state index is 12.7. The molecular weight excluding hydrogens is 359 g/mol.